The van der Waals surface area contributed by atoms with Gasteiger partial charge in [0.05, 0.1) is 13.2 Å². The minimum Gasteiger partial charge on any atom is -0.394 e. The van der Waals surface area contributed by atoms with Crippen LogP contribution in [-0.2, 0) is 4.74 Å². The number of nitrogens with one attached hydrogen (secondary N) is 1. The molecule has 0 saturated carbocycles. The fraction of sp³-hybridized carbons (Fsp3) is 1.00. The Morgan fingerprint density at radius 2 is 1.83 bits per heavy atom. The summed E-state index contributed by atoms with van der Waals surface area (Å²) in [5.74, 6) is 0. The van der Waals surface area contributed by atoms with E-state index >= 15 is 0 Å². The maximum atomic E-state index is 8.33. The minimum absolute atomic E-state index is 0.131. The predicted molar refractivity (Wildman–Crippen MR) is 52.4 cm³/mol. The Kier molecular flexibility index (Phi) is 20.5. The first-order chi connectivity index (χ1) is 5.91. The van der Waals surface area contributed by atoms with Crippen molar-refractivity contribution in [2.75, 3.05) is 33.4 Å². The van der Waals surface area contributed by atoms with Gasteiger partial charge in [0.1, 0.15) is 0 Å². The molecule has 0 saturated heterocycles. The van der Waals surface area contributed by atoms with E-state index in [0.29, 0.717) is 6.61 Å². The summed E-state index contributed by atoms with van der Waals surface area (Å²) in [7, 11) is 1.94. The molecule has 0 aromatic rings. The Morgan fingerprint density at radius 3 is 2.33 bits per heavy atom. The van der Waals surface area contributed by atoms with Crippen molar-refractivity contribution in [3.8, 4) is 0 Å². The second-order valence-electron chi connectivity index (χ2n) is 2.15. The molecule has 0 amide bonds. The monoisotopic (exact) mass is 177 g/mol. The van der Waals surface area contributed by atoms with Crippen LogP contribution < -0.4 is 5.32 Å². The van der Waals surface area contributed by atoms with E-state index in [1.54, 1.807) is 0 Å². The van der Waals surface area contributed by atoms with Gasteiger partial charge in [0.25, 0.3) is 0 Å². The Balaban J connectivity index is 0. The lowest BCUT2D eigenvalue weighted by molar-refractivity contribution is 0.0899. The second kappa shape index (κ2) is 17.1. The van der Waals surface area contributed by atoms with Gasteiger partial charge < -0.3 is 15.2 Å². The molecule has 0 radical (unpaired) electrons. The fourth-order valence-corrected chi connectivity index (χ4v) is 0.673. The normalized spacial score (nSPS) is 9.00. The lowest BCUT2D eigenvalue weighted by atomic mass is 10.3. The lowest BCUT2D eigenvalue weighted by Crippen LogP contribution is -2.09. The van der Waals surface area contributed by atoms with Gasteiger partial charge in [-0.1, -0.05) is 13.8 Å². The Morgan fingerprint density at radius 1 is 1.17 bits per heavy atom. The van der Waals surface area contributed by atoms with E-state index in [2.05, 4.69) is 5.32 Å². The van der Waals surface area contributed by atoms with Crippen LogP contribution in [0, 0.1) is 0 Å². The molecule has 0 bridgehead atoms. The number of aliphatic hydroxyl groups is 1. The Labute approximate surface area is 76.1 Å². The smallest absolute Gasteiger partial charge is 0.0697 e. The first-order valence-corrected chi connectivity index (χ1v) is 4.75. The van der Waals surface area contributed by atoms with Crippen LogP contribution in [0.25, 0.3) is 0 Å². The van der Waals surface area contributed by atoms with Gasteiger partial charge in [-0.25, -0.2) is 0 Å². The molecule has 0 spiro atoms. The number of aliphatic hydroxyl groups excluding tert-OH is 1. The van der Waals surface area contributed by atoms with E-state index in [1.807, 2.05) is 20.9 Å². The number of unbranched alkanes of at least 4 members (excludes halogenated alkanes) is 1. The SMILES string of the molecule is CC.CNCCCCOCCO. The van der Waals surface area contributed by atoms with Crippen molar-refractivity contribution in [3.63, 3.8) is 0 Å². The van der Waals surface area contributed by atoms with Crippen molar-refractivity contribution >= 4 is 0 Å². The molecule has 0 aliphatic heterocycles. The van der Waals surface area contributed by atoms with Crippen LogP contribution >= 0.6 is 0 Å². The van der Waals surface area contributed by atoms with Crippen molar-refractivity contribution in [2.24, 2.45) is 0 Å². The molecule has 76 valence electrons. The quantitative estimate of drug-likeness (QED) is 0.570. The molecule has 0 fully saturated rings. The van der Waals surface area contributed by atoms with Crippen LogP contribution in [0.2, 0.25) is 0 Å². The molecule has 0 rings (SSSR count). The lowest BCUT2D eigenvalue weighted by Gasteiger charge is -2.00. The second-order valence-corrected chi connectivity index (χ2v) is 2.15. The Hall–Kier alpha value is -0.120. The highest BCUT2D eigenvalue weighted by atomic mass is 16.5. The van der Waals surface area contributed by atoms with Crippen LogP contribution in [-0.4, -0.2) is 38.5 Å². The largest absolute Gasteiger partial charge is 0.394 e. The third kappa shape index (κ3) is 16.5. The molecule has 0 aromatic carbocycles. The van der Waals surface area contributed by atoms with E-state index in [9.17, 15) is 0 Å². The standard InChI is InChI=1S/C7H17NO2.C2H6/c1-8-4-2-3-6-10-7-5-9;1-2/h8-9H,2-7H2,1H3;1-2H3. The fourth-order valence-electron chi connectivity index (χ4n) is 0.673. The van der Waals surface area contributed by atoms with Gasteiger partial charge in [-0.3, -0.25) is 0 Å². The minimum atomic E-state index is 0.131. The van der Waals surface area contributed by atoms with Crippen LogP contribution in [0.3, 0.4) is 0 Å². The summed E-state index contributed by atoms with van der Waals surface area (Å²) < 4.78 is 5.05. The zero-order valence-corrected chi connectivity index (χ0v) is 8.60. The summed E-state index contributed by atoms with van der Waals surface area (Å²) in [6.07, 6.45) is 2.21. The summed E-state index contributed by atoms with van der Waals surface area (Å²) in [5.41, 5.74) is 0. The molecule has 3 heteroatoms. The summed E-state index contributed by atoms with van der Waals surface area (Å²) >= 11 is 0. The van der Waals surface area contributed by atoms with Gasteiger partial charge in [0, 0.05) is 6.61 Å². The highest BCUT2D eigenvalue weighted by Gasteiger charge is 1.86. The van der Waals surface area contributed by atoms with Crippen LogP contribution in [0.1, 0.15) is 26.7 Å². The molecule has 0 aliphatic carbocycles. The number of hydrogen-bond donors (Lipinski definition) is 2. The molecular weight excluding hydrogens is 154 g/mol. The molecule has 0 atom stereocenters. The van der Waals surface area contributed by atoms with Crippen molar-refractivity contribution in [2.45, 2.75) is 26.7 Å². The molecule has 2 N–H and O–H groups in total. The van der Waals surface area contributed by atoms with Crippen LogP contribution in [0.4, 0.5) is 0 Å². The molecule has 0 unspecified atom stereocenters. The third-order valence-corrected chi connectivity index (χ3v) is 1.20. The van der Waals surface area contributed by atoms with Crippen LogP contribution in [0.5, 0.6) is 0 Å². The Bertz CT molecular complexity index is 52.5. The maximum Gasteiger partial charge on any atom is 0.0697 e. The van der Waals surface area contributed by atoms with E-state index < -0.39 is 0 Å². The first kappa shape index (κ1) is 14.4. The van der Waals surface area contributed by atoms with Gasteiger partial charge in [-0.15, -0.1) is 0 Å². The maximum absolute atomic E-state index is 8.33. The van der Waals surface area contributed by atoms with Crippen molar-refractivity contribution in [1.29, 1.82) is 0 Å². The highest BCUT2D eigenvalue weighted by Crippen LogP contribution is 1.87. The molecular formula is C9H23NO2. The van der Waals surface area contributed by atoms with E-state index in [4.69, 9.17) is 9.84 Å². The number of ether oxygens (including phenoxy) is 1. The van der Waals surface area contributed by atoms with Crippen molar-refractivity contribution in [1.82, 2.24) is 5.32 Å². The highest BCUT2D eigenvalue weighted by molar-refractivity contribution is 4.41. The molecule has 3 nitrogen and oxygen atoms in total. The summed E-state index contributed by atoms with van der Waals surface area (Å²) in [6.45, 7) is 6.41. The zero-order chi connectivity index (χ0) is 9.66. The van der Waals surface area contributed by atoms with Gasteiger partial charge in [0.15, 0.2) is 0 Å². The zero-order valence-electron chi connectivity index (χ0n) is 8.60. The molecule has 12 heavy (non-hydrogen) atoms. The van der Waals surface area contributed by atoms with E-state index in [0.717, 1.165) is 26.0 Å². The summed E-state index contributed by atoms with van der Waals surface area (Å²) in [4.78, 5) is 0. The summed E-state index contributed by atoms with van der Waals surface area (Å²) in [6, 6.07) is 0. The van der Waals surface area contributed by atoms with Crippen LogP contribution in [0.15, 0.2) is 0 Å². The van der Waals surface area contributed by atoms with Crippen molar-refractivity contribution < 1.29 is 9.84 Å². The molecule has 0 heterocycles. The van der Waals surface area contributed by atoms with Gasteiger partial charge in [0.2, 0.25) is 0 Å². The third-order valence-electron chi connectivity index (χ3n) is 1.20. The van der Waals surface area contributed by atoms with E-state index in [1.165, 1.54) is 0 Å². The predicted octanol–water partition coefficient (Wildman–Crippen LogP) is 1.02. The van der Waals surface area contributed by atoms with Gasteiger partial charge in [-0.05, 0) is 26.4 Å². The van der Waals surface area contributed by atoms with Gasteiger partial charge in [-0.2, -0.15) is 0 Å². The first-order valence-electron chi connectivity index (χ1n) is 4.75. The molecule has 0 aromatic heterocycles. The number of hydrogen-bond acceptors (Lipinski definition) is 3. The molecule has 0 aliphatic rings. The van der Waals surface area contributed by atoms with Gasteiger partial charge >= 0.3 is 0 Å². The topological polar surface area (TPSA) is 41.5 Å². The summed E-state index contributed by atoms with van der Waals surface area (Å²) in [5, 5.41) is 11.4. The van der Waals surface area contributed by atoms with Crippen molar-refractivity contribution in [3.05, 3.63) is 0 Å². The average Bonchev–Trinajstić information content (AvgIpc) is 2.15. The average molecular weight is 177 g/mol. The number of rotatable bonds is 7. The van der Waals surface area contributed by atoms with E-state index in [-0.39, 0.29) is 6.61 Å².